The second-order valence-electron chi connectivity index (χ2n) is 6.65. The smallest absolute Gasteiger partial charge is 0.251 e. The van der Waals surface area contributed by atoms with Crippen LogP contribution in [-0.4, -0.2) is 24.9 Å². The van der Waals surface area contributed by atoms with E-state index in [4.69, 9.17) is 5.73 Å². The van der Waals surface area contributed by atoms with Gasteiger partial charge >= 0.3 is 0 Å². The summed E-state index contributed by atoms with van der Waals surface area (Å²) in [6.07, 6.45) is 0.179. The van der Waals surface area contributed by atoms with Crippen molar-refractivity contribution in [3.05, 3.63) is 71.3 Å². The van der Waals surface area contributed by atoms with Gasteiger partial charge in [0, 0.05) is 12.1 Å². The van der Waals surface area contributed by atoms with Gasteiger partial charge in [0.15, 0.2) is 0 Å². The van der Waals surface area contributed by atoms with Gasteiger partial charge in [-0.2, -0.15) is 0 Å². The number of hydrogen-bond donors (Lipinski definition) is 3. The summed E-state index contributed by atoms with van der Waals surface area (Å²) in [5.74, 6) is -0.0818. The largest absolute Gasteiger partial charge is 0.356 e. The minimum absolute atomic E-state index is 0. The molecule has 0 aliphatic rings. The van der Waals surface area contributed by atoms with Crippen molar-refractivity contribution in [2.75, 3.05) is 13.1 Å². The van der Waals surface area contributed by atoms with Crippen molar-refractivity contribution < 1.29 is 9.59 Å². The lowest BCUT2D eigenvalue weighted by Gasteiger charge is -2.20. The lowest BCUT2D eigenvalue weighted by Crippen LogP contribution is -2.36. The summed E-state index contributed by atoms with van der Waals surface area (Å²) in [6.45, 7) is 5.00. The van der Waals surface area contributed by atoms with Crippen LogP contribution in [0, 0.1) is 12.8 Å². The van der Waals surface area contributed by atoms with Crippen LogP contribution in [-0.2, 0) is 4.79 Å². The molecule has 0 saturated heterocycles. The standard InChI is InChI=1S/C21H27N3O2.ClH/c1-15-8-10-18(11-9-15)21(26)24-19(17-6-4-3-5-7-17)12-20(25)23-14-16(2)13-22;/h3-11,16,19H,12-14,22H2,1-2H3,(H,23,25)(H,24,26);1H. The summed E-state index contributed by atoms with van der Waals surface area (Å²) >= 11 is 0. The first-order valence-electron chi connectivity index (χ1n) is 8.89. The van der Waals surface area contributed by atoms with Crippen LogP contribution >= 0.6 is 12.4 Å². The molecule has 2 aromatic rings. The number of halogens is 1. The van der Waals surface area contributed by atoms with Gasteiger partial charge in [-0.05, 0) is 37.1 Å². The average molecular weight is 390 g/mol. The van der Waals surface area contributed by atoms with Crippen LogP contribution in [0.1, 0.15) is 40.9 Å². The number of amides is 2. The molecule has 2 amide bonds. The summed E-state index contributed by atoms with van der Waals surface area (Å²) in [4.78, 5) is 24.9. The molecule has 2 unspecified atom stereocenters. The first-order chi connectivity index (χ1) is 12.5. The summed E-state index contributed by atoms with van der Waals surface area (Å²) in [6, 6.07) is 16.5. The zero-order chi connectivity index (χ0) is 18.9. The average Bonchev–Trinajstić information content (AvgIpc) is 2.66. The second kappa shape index (κ2) is 11.4. The van der Waals surface area contributed by atoms with Crippen LogP contribution < -0.4 is 16.4 Å². The molecular formula is C21H28ClN3O2. The first-order valence-corrected chi connectivity index (χ1v) is 8.89. The number of nitrogens with two attached hydrogens (primary N) is 1. The summed E-state index contributed by atoms with van der Waals surface area (Å²) in [5.41, 5.74) is 8.15. The molecule has 0 fully saturated rings. The molecule has 0 aliphatic heterocycles. The highest BCUT2D eigenvalue weighted by atomic mass is 35.5. The van der Waals surface area contributed by atoms with Gasteiger partial charge in [0.05, 0.1) is 12.5 Å². The molecule has 4 N–H and O–H groups in total. The molecule has 27 heavy (non-hydrogen) atoms. The van der Waals surface area contributed by atoms with Crippen molar-refractivity contribution >= 4 is 24.2 Å². The zero-order valence-electron chi connectivity index (χ0n) is 15.8. The van der Waals surface area contributed by atoms with Crippen molar-refractivity contribution in [3.63, 3.8) is 0 Å². The van der Waals surface area contributed by atoms with Gasteiger partial charge in [-0.3, -0.25) is 9.59 Å². The fourth-order valence-corrected chi connectivity index (χ4v) is 2.51. The summed E-state index contributed by atoms with van der Waals surface area (Å²) in [5, 5.41) is 5.86. The Morgan fingerprint density at radius 3 is 2.26 bits per heavy atom. The molecule has 0 aliphatic carbocycles. The monoisotopic (exact) mass is 389 g/mol. The van der Waals surface area contributed by atoms with E-state index < -0.39 is 6.04 Å². The van der Waals surface area contributed by atoms with Gasteiger partial charge in [0.2, 0.25) is 5.91 Å². The number of benzene rings is 2. The molecule has 6 heteroatoms. The van der Waals surface area contributed by atoms with Gasteiger partial charge in [0.25, 0.3) is 5.91 Å². The molecule has 2 atom stereocenters. The second-order valence-corrected chi connectivity index (χ2v) is 6.65. The maximum Gasteiger partial charge on any atom is 0.251 e. The van der Waals surface area contributed by atoms with E-state index in [9.17, 15) is 9.59 Å². The van der Waals surface area contributed by atoms with E-state index in [0.717, 1.165) is 11.1 Å². The van der Waals surface area contributed by atoms with Crippen molar-refractivity contribution in [2.45, 2.75) is 26.3 Å². The van der Waals surface area contributed by atoms with Crippen molar-refractivity contribution in [2.24, 2.45) is 11.7 Å². The predicted molar refractivity (Wildman–Crippen MR) is 111 cm³/mol. The van der Waals surface area contributed by atoms with Gasteiger partial charge in [0.1, 0.15) is 0 Å². The topological polar surface area (TPSA) is 84.2 Å². The van der Waals surface area contributed by atoms with Crippen LogP contribution in [0.15, 0.2) is 54.6 Å². The summed E-state index contributed by atoms with van der Waals surface area (Å²) in [7, 11) is 0. The Bertz CT molecular complexity index is 720. The molecule has 0 radical (unpaired) electrons. The van der Waals surface area contributed by atoms with Crippen LogP contribution in [0.3, 0.4) is 0 Å². The third-order valence-corrected chi connectivity index (χ3v) is 4.26. The van der Waals surface area contributed by atoms with E-state index in [1.54, 1.807) is 12.1 Å². The SMILES string of the molecule is Cc1ccc(C(=O)NC(CC(=O)NCC(C)CN)c2ccccc2)cc1.Cl. The van der Waals surface area contributed by atoms with E-state index in [1.807, 2.05) is 56.3 Å². The molecule has 0 heterocycles. The number of hydrogen-bond acceptors (Lipinski definition) is 3. The highest BCUT2D eigenvalue weighted by Gasteiger charge is 2.19. The van der Waals surface area contributed by atoms with Crippen LogP contribution in [0.5, 0.6) is 0 Å². The van der Waals surface area contributed by atoms with Crippen LogP contribution in [0.25, 0.3) is 0 Å². The Morgan fingerprint density at radius 1 is 1.04 bits per heavy atom. The van der Waals surface area contributed by atoms with Crippen molar-refractivity contribution in [1.29, 1.82) is 0 Å². The maximum absolute atomic E-state index is 12.6. The van der Waals surface area contributed by atoms with Gasteiger partial charge in [-0.15, -0.1) is 12.4 Å². The molecule has 5 nitrogen and oxygen atoms in total. The van der Waals surface area contributed by atoms with E-state index in [-0.39, 0.29) is 36.6 Å². The lowest BCUT2D eigenvalue weighted by atomic mass is 10.0. The number of rotatable bonds is 8. The molecule has 2 rings (SSSR count). The van der Waals surface area contributed by atoms with E-state index in [2.05, 4.69) is 10.6 Å². The lowest BCUT2D eigenvalue weighted by molar-refractivity contribution is -0.121. The maximum atomic E-state index is 12.6. The Hall–Kier alpha value is -2.37. The third-order valence-electron chi connectivity index (χ3n) is 4.26. The van der Waals surface area contributed by atoms with Gasteiger partial charge in [-0.1, -0.05) is 55.0 Å². The number of carbonyl (C=O) groups excluding carboxylic acids is 2. The predicted octanol–water partition coefficient (Wildman–Crippen LogP) is 2.99. The molecule has 0 bridgehead atoms. The minimum Gasteiger partial charge on any atom is -0.356 e. The Kier molecular flexibility index (Phi) is 9.54. The molecule has 146 valence electrons. The number of carbonyl (C=O) groups is 2. The normalized spacial score (nSPS) is 12.4. The van der Waals surface area contributed by atoms with Crippen LogP contribution in [0.4, 0.5) is 0 Å². The van der Waals surface area contributed by atoms with E-state index in [0.29, 0.717) is 18.7 Å². The Balaban J connectivity index is 0.00000364. The van der Waals surface area contributed by atoms with Crippen molar-refractivity contribution in [1.82, 2.24) is 10.6 Å². The van der Waals surface area contributed by atoms with Crippen molar-refractivity contribution in [3.8, 4) is 0 Å². The number of aryl methyl sites for hydroxylation is 1. The third kappa shape index (κ3) is 7.41. The summed E-state index contributed by atoms with van der Waals surface area (Å²) < 4.78 is 0. The molecule has 2 aromatic carbocycles. The van der Waals surface area contributed by atoms with E-state index >= 15 is 0 Å². The fourth-order valence-electron chi connectivity index (χ4n) is 2.51. The van der Waals surface area contributed by atoms with Crippen LogP contribution in [0.2, 0.25) is 0 Å². The zero-order valence-corrected chi connectivity index (χ0v) is 16.6. The molecule has 0 spiro atoms. The molecule has 0 saturated carbocycles. The Morgan fingerprint density at radius 2 is 1.67 bits per heavy atom. The first kappa shape index (κ1) is 22.7. The van der Waals surface area contributed by atoms with Gasteiger partial charge in [-0.25, -0.2) is 0 Å². The molecule has 0 aromatic heterocycles. The van der Waals surface area contributed by atoms with Gasteiger partial charge < -0.3 is 16.4 Å². The minimum atomic E-state index is -0.391. The quantitative estimate of drug-likeness (QED) is 0.648. The molecular weight excluding hydrogens is 362 g/mol. The Labute approximate surface area is 167 Å². The fraction of sp³-hybridized carbons (Fsp3) is 0.333. The van der Waals surface area contributed by atoms with E-state index in [1.165, 1.54) is 0 Å². The highest BCUT2D eigenvalue weighted by Crippen LogP contribution is 2.17. The number of nitrogens with one attached hydrogen (secondary N) is 2. The highest BCUT2D eigenvalue weighted by molar-refractivity contribution is 5.94.